The van der Waals surface area contributed by atoms with Crippen molar-refractivity contribution in [3.05, 3.63) is 40.5 Å². The predicted molar refractivity (Wildman–Crippen MR) is 135 cm³/mol. The Hall–Kier alpha value is -1.85. The van der Waals surface area contributed by atoms with E-state index in [4.69, 9.17) is 37.7 Å². The topological polar surface area (TPSA) is 68.3 Å². The first-order valence-corrected chi connectivity index (χ1v) is 12.0. The fraction of sp³-hybridized carbons (Fsp3) is 0.391. The van der Waals surface area contributed by atoms with Crippen LogP contribution in [0.2, 0.25) is 10.0 Å². The van der Waals surface area contributed by atoms with E-state index >= 15 is 0 Å². The Kier molecular flexibility index (Phi) is 7.57. The third-order valence-corrected chi connectivity index (χ3v) is 7.17. The standard InChI is InChI=1S/C23H27Cl2N4O2P/c1-30-18-11-19(31-2)22(25)20(21(18)24)13-8-9-15-14(10-13)12-26-23(27-15)28-16-6-4-3-5-7-17(16)29-32/h8-12,16-17,29H,3-7,32H2,1-2H3,(H,26,27,28)/t16-,17?/m0/s1. The van der Waals surface area contributed by atoms with Crippen LogP contribution in [0.5, 0.6) is 11.5 Å². The minimum Gasteiger partial charge on any atom is -0.495 e. The number of fused-ring (bicyclic) bond motifs is 1. The maximum atomic E-state index is 6.59. The number of hydrogen-bond acceptors (Lipinski definition) is 6. The van der Waals surface area contributed by atoms with Gasteiger partial charge in [-0.1, -0.05) is 57.9 Å². The van der Waals surface area contributed by atoms with Crippen LogP contribution in [0.15, 0.2) is 30.5 Å². The van der Waals surface area contributed by atoms with Crippen LogP contribution in [0.4, 0.5) is 5.95 Å². The Morgan fingerprint density at radius 2 is 1.66 bits per heavy atom. The lowest BCUT2D eigenvalue weighted by Crippen LogP contribution is -2.39. The van der Waals surface area contributed by atoms with Gasteiger partial charge in [0.2, 0.25) is 5.95 Å². The molecule has 0 amide bonds. The molecular formula is C23H27Cl2N4O2P. The molecule has 6 nitrogen and oxygen atoms in total. The summed E-state index contributed by atoms with van der Waals surface area (Å²) in [5.41, 5.74) is 2.34. The van der Waals surface area contributed by atoms with E-state index in [1.54, 1.807) is 20.3 Å². The summed E-state index contributed by atoms with van der Waals surface area (Å²) in [5, 5.41) is 8.65. The minimum atomic E-state index is 0.300. The van der Waals surface area contributed by atoms with Gasteiger partial charge in [0.25, 0.3) is 0 Å². The highest BCUT2D eigenvalue weighted by Crippen LogP contribution is 2.46. The van der Waals surface area contributed by atoms with Crippen molar-refractivity contribution in [1.82, 2.24) is 15.1 Å². The molecule has 0 radical (unpaired) electrons. The second kappa shape index (κ2) is 10.4. The van der Waals surface area contributed by atoms with Crippen molar-refractivity contribution < 1.29 is 9.47 Å². The van der Waals surface area contributed by atoms with E-state index in [1.807, 2.05) is 24.4 Å². The molecule has 0 spiro atoms. The van der Waals surface area contributed by atoms with Crippen molar-refractivity contribution in [3.63, 3.8) is 0 Å². The fourth-order valence-electron chi connectivity index (χ4n) is 4.24. The van der Waals surface area contributed by atoms with Crippen LogP contribution >= 0.6 is 32.6 Å². The molecule has 3 atom stereocenters. The molecule has 32 heavy (non-hydrogen) atoms. The lowest BCUT2D eigenvalue weighted by atomic mass is 10.0. The third-order valence-electron chi connectivity index (χ3n) is 5.99. The number of benzene rings is 2. The van der Waals surface area contributed by atoms with Crippen molar-refractivity contribution in [3.8, 4) is 22.6 Å². The first kappa shape index (κ1) is 23.3. The van der Waals surface area contributed by atoms with Gasteiger partial charge in [-0.3, -0.25) is 5.09 Å². The summed E-state index contributed by atoms with van der Waals surface area (Å²) in [6.07, 6.45) is 7.79. The van der Waals surface area contributed by atoms with E-state index < -0.39 is 0 Å². The molecule has 1 heterocycles. The van der Waals surface area contributed by atoms with E-state index in [0.29, 0.717) is 45.1 Å². The lowest BCUT2D eigenvalue weighted by molar-refractivity contribution is 0.395. The number of halogens is 2. The molecule has 2 unspecified atom stereocenters. The summed E-state index contributed by atoms with van der Waals surface area (Å²) in [5.74, 6) is 1.64. The second-order valence-electron chi connectivity index (χ2n) is 7.91. The molecule has 0 saturated heterocycles. The van der Waals surface area contributed by atoms with Crippen LogP contribution in [-0.2, 0) is 0 Å². The summed E-state index contributed by atoms with van der Waals surface area (Å²) in [4.78, 5) is 9.32. The average Bonchev–Trinajstić information content (AvgIpc) is 3.04. The van der Waals surface area contributed by atoms with Gasteiger partial charge >= 0.3 is 0 Å². The molecule has 9 heteroatoms. The molecule has 1 saturated carbocycles. The van der Waals surface area contributed by atoms with E-state index in [9.17, 15) is 0 Å². The highest BCUT2D eigenvalue weighted by atomic mass is 35.5. The smallest absolute Gasteiger partial charge is 0.223 e. The summed E-state index contributed by atoms with van der Waals surface area (Å²) < 4.78 is 10.8. The molecule has 170 valence electrons. The van der Waals surface area contributed by atoms with E-state index in [0.717, 1.165) is 29.3 Å². The van der Waals surface area contributed by atoms with Gasteiger partial charge in [0.15, 0.2) is 0 Å². The maximum absolute atomic E-state index is 6.59. The number of methoxy groups -OCH3 is 2. The molecule has 0 bridgehead atoms. The van der Waals surface area contributed by atoms with Gasteiger partial charge in [0.05, 0.1) is 29.8 Å². The van der Waals surface area contributed by atoms with Gasteiger partial charge in [0, 0.05) is 35.3 Å². The molecule has 1 aromatic heterocycles. The largest absolute Gasteiger partial charge is 0.495 e. The monoisotopic (exact) mass is 492 g/mol. The number of nitrogens with one attached hydrogen (secondary N) is 2. The predicted octanol–water partition coefficient (Wildman–Crippen LogP) is 6.11. The Labute approximate surface area is 200 Å². The molecule has 2 N–H and O–H groups in total. The fourth-order valence-corrected chi connectivity index (χ4v) is 5.36. The van der Waals surface area contributed by atoms with Crippen molar-refractivity contribution in [2.24, 2.45) is 0 Å². The molecule has 1 aliphatic rings. The van der Waals surface area contributed by atoms with Crippen LogP contribution in [0.25, 0.3) is 22.0 Å². The highest BCUT2D eigenvalue weighted by molar-refractivity contribution is 7.13. The second-order valence-corrected chi connectivity index (χ2v) is 9.00. The van der Waals surface area contributed by atoms with Crippen molar-refractivity contribution >= 4 is 49.4 Å². The van der Waals surface area contributed by atoms with Gasteiger partial charge < -0.3 is 14.8 Å². The zero-order valence-electron chi connectivity index (χ0n) is 18.1. The zero-order chi connectivity index (χ0) is 22.7. The molecular weight excluding hydrogens is 466 g/mol. The summed E-state index contributed by atoms with van der Waals surface area (Å²) in [6, 6.07) is 8.24. The van der Waals surface area contributed by atoms with E-state index in [-0.39, 0.29) is 0 Å². The number of ether oxygens (including phenoxy) is 2. The van der Waals surface area contributed by atoms with E-state index in [1.165, 1.54) is 19.3 Å². The van der Waals surface area contributed by atoms with Gasteiger partial charge in [-0.05, 0) is 30.5 Å². The van der Waals surface area contributed by atoms with Crippen molar-refractivity contribution in [2.75, 3.05) is 19.5 Å². The summed E-state index contributed by atoms with van der Waals surface area (Å²) >= 11 is 13.2. The minimum absolute atomic E-state index is 0.300. The maximum Gasteiger partial charge on any atom is 0.223 e. The van der Waals surface area contributed by atoms with Gasteiger partial charge in [-0.15, -0.1) is 0 Å². The van der Waals surface area contributed by atoms with Crippen LogP contribution in [0.1, 0.15) is 32.1 Å². The van der Waals surface area contributed by atoms with Crippen LogP contribution in [-0.4, -0.2) is 36.3 Å². The van der Waals surface area contributed by atoms with Gasteiger partial charge in [0.1, 0.15) is 11.5 Å². The number of nitrogens with zero attached hydrogens (tertiary/aromatic N) is 2. The molecule has 4 rings (SSSR count). The van der Waals surface area contributed by atoms with Crippen molar-refractivity contribution in [2.45, 2.75) is 44.2 Å². The molecule has 1 fully saturated rings. The van der Waals surface area contributed by atoms with Crippen LogP contribution in [0.3, 0.4) is 0 Å². The first-order chi connectivity index (χ1) is 15.5. The number of rotatable bonds is 6. The lowest BCUT2D eigenvalue weighted by Gasteiger charge is -2.25. The summed E-state index contributed by atoms with van der Waals surface area (Å²) in [7, 11) is 5.77. The van der Waals surface area contributed by atoms with Crippen LogP contribution in [0, 0.1) is 0 Å². The Bertz CT molecular complexity index is 1090. The highest BCUT2D eigenvalue weighted by Gasteiger charge is 2.23. The molecule has 1 aliphatic carbocycles. The SMILES string of the molecule is COc1cc(OC)c(Cl)c(-c2ccc3nc(N[C@H]4CCCCCC4NP)ncc3c2)c1Cl. The van der Waals surface area contributed by atoms with Crippen LogP contribution < -0.4 is 19.9 Å². The Morgan fingerprint density at radius 3 is 2.31 bits per heavy atom. The third kappa shape index (κ3) is 4.74. The van der Waals surface area contributed by atoms with E-state index in [2.05, 4.69) is 24.8 Å². The number of aromatic nitrogens is 2. The van der Waals surface area contributed by atoms with Gasteiger partial charge in [-0.2, -0.15) is 0 Å². The quantitative estimate of drug-likeness (QED) is 0.319. The van der Waals surface area contributed by atoms with Crippen molar-refractivity contribution in [1.29, 1.82) is 0 Å². The number of hydrogen-bond donors (Lipinski definition) is 2. The average molecular weight is 493 g/mol. The Morgan fingerprint density at radius 1 is 0.969 bits per heavy atom. The normalized spacial score (nSPS) is 18.9. The molecule has 0 aliphatic heterocycles. The molecule has 2 aromatic carbocycles. The number of anilines is 1. The zero-order valence-corrected chi connectivity index (χ0v) is 20.8. The molecule has 3 aromatic rings. The first-order valence-electron chi connectivity index (χ1n) is 10.7. The van der Waals surface area contributed by atoms with Gasteiger partial charge in [-0.25, -0.2) is 9.97 Å². The summed E-state index contributed by atoms with van der Waals surface area (Å²) in [6.45, 7) is 0. The Balaban J connectivity index is 1.67.